The number of nitrogens with one attached hydrogen (secondary N) is 1. The number of benzene rings is 1. The molecule has 1 aromatic carbocycles. The van der Waals surface area contributed by atoms with E-state index in [4.69, 9.17) is 9.72 Å². The molecule has 1 amide bonds. The SMILES string of the molecule is C=CC(=O)N1CCN(c2ncc3ncnc(Nc4cc(C)c(Oc5ccn6ncnc6c5)cc4F)c3n2)CC1(C)C. The van der Waals surface area contributed by atoms with Crippen LogP contribution in [0, 0.1) is 12.7 Å². The van der Waals surface area contributed by atoms with Crippen LogP contribution in [0.15, 0.2) is 62.0 Å². The zero-order valence-corrected chi connectivity index (χ0v) is 22.7. The summed E-state index contributed by atoms with van der Waals surface area (Å²) in [6, 6.07) is 6.42. The summed E-state index contributed by atoms with van der Waals surface area (Å²) in [6.45, 7) is 11.0. The molecule has 4 aromatic heterocycles. The lowest BCUT2D eigenvalue weighted by Crippen LogP contribution is -2.61. The van der Waals surface area contributed by atoms with E-state index >= 15 is 4.39 Å². The van der Waals surface area contributed by atoms with E-state index in [9.17, 15) is 4.79 Å². The summed E-state index contributed by atoms with van der Waals surface area (Å²) in [7, 11) is 0. The highest BCUT2D eigenvalue weighted by Crippen LogP contribution is 2.32. The summed E-state index contributed by atoms with van der Waals surface area (Å²) in [5, 5.41) is 7.13. The molecule has 5 heterocycles. The second-order valence-electron chi connectivity index (χ2n) is 10.3. The van der Waals surface area contributed by atoms with Crippen LogP contribution in [-0.4, -0.2) is 70.5 Å². The van der Waals surface area contributed by atoms with Crippen LogP contribution in [0.5, 0.6) is 11.5 Å². The average molecular weight is 555 g/mol. The van der Waals surface area contributed by atoms with Gasteiger partial charge in [0.05, 0.1) is 17.4 Å². The van der Waals surface area contributed by atoms with Crippen LogP contribution in [-0.2, 0) is 4.79 Å². The Morgan fingerprint density at radius 3 is 2.80 bits per heavy atom. The molecule has 1 fully saturated rings. The number of amides is 1. The first kappa shape index (κ1) is 26.0. The molecule has 0 radical (unpaired) electrons. The van der Waals surface area contributed by atoms with Crippen molar-refractivity contribution in [2.75, 3.05) is 29.9 Å². The molecule has 1 aliphatic rings. The lowest BCUT2D eigenvalue weighted by atomic mass is 9.99. The monoisotopic (exact) mass is 554 g/mol. The topological polar surface area (TPSA) is 127 Å². The normalized spacial score (nSPS) is 14.8. The van der Waals surface area contributed by atoms with Crippen molar-refractivity contribution >= 4 is 40.0 Å². The molecule has 5 aromatic rings. The van der Waals surface area contributed by atoms with Crippen LogP contribution < -0.4 is 15.0 Å². The van der Waals surface area contributed by atoms with Crippen molar-refractivity contribution in [3.05, 3.63) is 73.3 Å². The number of nitrogens with zero attached hydrogens (tertiary/aromatic N) is 9. The number of ether oxygens (including phenoxy) is 1. The van der Waals surface area contributed by atoms with Crippen molar-refractivity contribution < 1.29 is 13.9 Å². The molecule has 0 spiro atoms. The van der Waals surface area contributed by atoms with E-state index in [-0.39, 0.29) is 11.6 Å². The minimum atomic E-state index is -0.528. The second-order valence-corrected chi connectivity index (χ2v) is 10.3. The Morgan fingerprint density at radius 1 is 1.15 bits per heavy atom. The molecule has 6 rings (SSSR count). The van der Waals surface area contributed by atoms with Crippen molar-refractivity contribution in [2.45, 2.75) is 26.3 Å². The smallest absolute Gasteiger partial charge is 0.246 e. The van der Waals surface area contributed by atoms with Crippen LogP contribution in [0.4, 0.5) is 21.8 Å². The van der Waals surface area contributed by atoms with Gasteiger partial charge in [0.2, 0.25) is 11.9 Å². The number of halogens is 1. The van der Waals surface area contributed by atoms with Gasteiger partial charge in [-0.2, -0.15) is 5.10 Å². The Morgan fingerprint density at radius 2 is 2.00 bits per heavy atom. The van der Waals surface area contributed by atoms with Crippen LogP contribution in [0.2, 0.25) is 0 Å². The minimum absolute atomic E-state index is 0.112. The number of pyridine rings is 1. The van der Waals surface area contributed by atoms with Gasteiger partial charge in [0, 0.05) is 38.0 Å². The van der Waals surface area contributed by atoms with Crippen LogP contribution in [0.25, 0.3) is 16.7 Å². The molecular formula is C28H27FN10O2. The molecule has 0 unspecified atom stereocenters. The molecular weight excluding hydrogens is 527 g/mol. The van der Waals surface area contributed by atoms with Crippen molar-refractivity contribution in [2.24, 2.45) is 0 Å². The molecule has 1 saturated heterocycles. The molecule has 0 atom stereocenters. The third-order valence-corrected chi connectivity index (χ3v) is 6.99. The molecule has 1 N–H and O–H groups in total. The Bertz CT molecular complexity index is 1800. The van der Waals surface area contributed by atoms with E-state index in [1.807, 2.05) is 25.7 Å². The maximum atomic E-state index is 15.3. The number of piperazine rings is 1. The van der Waals surface area contributed by atoms with Crippen LogP contribution in [0.1, 0.15) is 19.4 Å². The standard InChI is InChI=1S/C28H27FN10O2/c1-5-24(40)38-9-8-37(14-28(38,3)4)27-30-13-21-25(36-27)26(33-15-31-21)35-20-10-17(2)22(12-19(20)29)41-18-6-7-39-23(11-18)32-16-34-39/h5-7,10-13,15-16H,1,8-9,14H2,2-4H3,(H,31,33,35). The third kappa shape index (κ3) is 4.97. The maximum Gasteiger partial charge on any atom is 0.246 e. The molecule has 13 heteroatoms. The second kappa shape index (κ2) is 10.1. The molecule has 41 heavy (non-hydrogen) atoms. The number of rotatable bonds is 6. The van der Waals surface area contributed by atoms with E-state index in [1.54, 1.807) is 40.0 Å². The largest absolute Gasteiger partial charge is 0.457 e. The summed E-state index contributed by atoms with van der Waals surface area (Å²) >= 11 is 0. The van der Waals surface area contributed by atoms with E-state index in [0.717, 1.165) is 0 Å². The lowest BCUT2D eigenvalue weighted by molar-refractivity contribution is -0.131. The molecule has 12 nitrogen and oxygen atoms in total. The third-order valence-electron chi connectivity index (χ3n) is 6.99. The van der Waals surface area contributed by atoms with E-state index < -0.39 is 11.4 Å². The maximum absolute atomic E-state index is 15.3. The quantitative estimate of drug-likeness (QED) is 0.307. The first-order valence-corrected chi connectivity index (χ1v) is 12.9. The number of hydrogen-bond acceptors (Lipinski definition) is 10. The Kier molecular flexibility index (Phi) is 6.40. The van der Waals surface area contributed by atoms with Crippen molar-refractivity contribution in [3.8, 4) is 11.5 Å². The van der Waals surface area contributed by atoms with Gasteiger partial charge in [0.15, 0.2) is 11.5 Å². The van der Waals surface area contributed by atoms with Crippen molar-refractivity contribution in [3.63, 3.8) is 0 Å². The number of aryl methyl sites for hydroxylation is 1. The predicted octanol–water partition coefficient (Wildman–Crippen LogP) is 4.06. The zero-order chi connectivity index (χ0) is 28.7. The van der Waals surface area contributed by atoms with Crippen LogP contribution in [0.3, 0.4) is 0 Å². The summed E-state index contributed by atoms with van der Waals surface area (Å²) in [4.78, 5) is 38.1. The highest BCUT2D eigenvalue weighted by atomic mass is 19.1. The minimum Gasteiger partial charge on any atom is -0.457 e. The molecule has 0 saturated carbocycles. The number of carbonyl (C=O) groups excluding carboxylic acids is 1. The number of fused-ring (bicyclic) bond motifs is 2. The first-order chi connectivity index (χ1) is 19.7. The molecule has 0 aliphatic carbocycles. The first-order valence-electron chi connectivity index (χ1n) is 12.9. The van der Waals surface area contributed by atoms with Gasteiger partial charge in [-0.1, -0.05) is 6.58 Å². The number of aromatic nitrogens is 7. The van der Waals surface area contributed by atoms with Gasteiger partial charge in [-0.25, -0.2) is 33.8 Å². The van der Waals surface area contributed by atoms with Gasteiger partial charge in [-0.05, 0) is 44.5 Å². The molecule has 0 bridgehead atoms. The van der Waals surface area contributed by atoms with E-state index in [2.05, 4.69) is 36.9 Å². The number of hydrogen-bond donors (Lipinski definition) is 1. The zero-order valence-electron chi connectivity index (χ0n) is 22.7. The number of anilines is 3. The van der Waals surface area contributed by atoms with E-state index in [1.165, 1.54) is 24.8 Å². The van der Waals surface area contributed by atoms with Gasteiger partial charge in [0.25, 0.3) is 0 Å². The van der Waals surface area contributed by atoms with Crippen LogP contribution >= 0.6 is 0 Å². The highest BCUT2D eigenvalue weighted by molar-refractivity contribution is 5.88. The van der Waals surface area contributed by atoms with Gasteiger partial charge in [0.1, 0.15) is 41.0 Å². The fourth-order valence-electron chi connectivity index (χ4n) is 4.92. The van der Waals surface area contributed by atoms with Gasteiger partial charge >= 0.3 is 0 Å². The van der Waals surface area contributed by atoms with Gasteiger partial charge in [-0.3, -0.25) is 4.79 Å². The highest BCUT2D eigenvalue weighted by Gasteiger charge is 2.36. The Labute approximate surface area is 234 Å². The van der Waals surface area contributed by atoms with Crippen molar-refractivity contribution in [1.29, 1.82) is 0 Å². The summed E-state index contributed by atoms with van der Waals surface area (Å²) < 4.78 is 22.9. The summed E-state index contributed by atoms with van der Waals surface area (Å²) in [5.74, 6) is 1.05. The fraction of sp³-hybridized carbons (Fsp3) is 0.250. The Hall–Kier alpha value is -5.20. The Balaban J connectivity index is 1.26. The van der Waals surface area contributed by atoms with Gasteiger partial charge in [-0.15, -0.1) is 0 Å². The number of carbonyl (C=O) groups is 1. The predicted molar refractivity (Wildman–Crippen MR) is 151 cm³/mol. The van der Waals surface area contributed by atoms with Crippen molar-refractivity contribution in [1.82, 2.24) is 39.4 Å². The summed E-state index contributed by atoms with van der Waals surface area (Å²) in [5.41, 5.74) is 2.03. The fourth-order valence-corrected chi connectivity index (χ4v) is 4.92. The van der Waals surface area contributed by atoms with Gasteiger partial charge < -0.3 is 19.9 Å². The van der Waals surface area contributed by atoms with E-state index in [0.29, 0.717) is 65.1 Å². The molecule has 208 valence electrons. The summed E-state index contributed by atoms with van der Waals surface area (Å²) in [6.07, 6.45) is 7.49. The lowest BCUT2D eigenvalue weighted by Gasteiger charge is -2.46. The molecule has 1 aliphatic heterocycles. The average Bonchev–Trinajstić information content (AvgIpc) is 3.43.